The molecule has 0 radical (unpaired) electrons. The lowest BCUT2D eigenvalue weighted by molar-refractivity contribution is -0.384. The maximum absolute atomic E-state index is 13.3. The summed E-state index contributed by atoms with van der Waals surface area (Å²) < 4.78 is 10.8. The van der Waals surface area contributed by atoms with Crippen LogP contribution in [-0.4, -0.2) is 35.3 Å². The van der Waals surface area contributed by atoms with Gasteiger partial charge in [-0.05, 0) is 61.0 Å². The molecule has 1 fully saturated rings. The van der Waals surface area contributed by atoms with Gasteiger partial charge in [0.25, 0.3) is 17.5 Å². The molecule has 0 atom stereocenters. The van der Waals surface area contributed by atoms with Crippen LogP contribution in [0.3, 0.4) is 0 Å². The quantitative estimate of drug-likeness (QED) is 0.140. The minimum absolute atomic E-state index is 0.0446. The molecule has 3 aromatic carbocycles. The number of esters is 1. The first kappa shape index (κ1) is 27.0. The zero-order chi connectivity index (χ0) is 28.1. The summed E-state index contributed by atoms with van der Waals surface area (Å²) in [6.07, 6.45) is 1.23. The van der Waals surface area contributed by atoms with Crippen molar-refractivity contribution in [2.24, 2.45) is 0 Å². The van der Waals surface area contributed by atoms with Crippen LogP contribution in [0.1, 0.15) is 28.4 Å². The van der Waals surface area contributed by atoms with E-state index < -0.39 is 28.7 Å². The number of rotatable bonds is 8. The number of amides is 4. The summed E-state index contributed by atoms with van der Waals surface area (Å²) in [6, 6.07) is 15.0. The molecule has 1 N–H and O–H groups in total. The van der Waals surface area contributed by atoms with Gasteiger partial charge < -0.3 is 9.47 Å². The van der Waals surface area contributed by atoms with Crippen molar-refractivity contribution >= 4 is 52.9 Å². The summed E-state index contributed by atoms with van der Waals surface area (Å²) in [5.41, 5.74) is 0.662. The largest absolute Gasteiger partial charge is 0.488 e. The maximum Gasteiger partial charge on any atom is 0.338 e. The van der Waals surface area contributed by atoms with Crippen LogP contribution >= 0.6 is 11.6 Å². The van der Waals surface area contributed by atoms with Gasteiger partial charge >= 0.3 is 12.0 Å². The number of nitrogens with one attached hydrogen (secondary N) is 1. The number of barbiturate groups is 1. The Morgan fingerprint density at radius 1 is 1.08 bits per heavy atom. The van der Waals surface area contributed by atoms with Gasteiger partial charge in [-0.2, -0.15) is 0 Å². The molecule has 1 aliphatic heterocycles. The molecule has 0 saturated carbocycles. The molecule has 12 heteroatoms. The number of nitrogens with zero attached hydrogens (tertiary/aromatic N) is 2. The second-order valence-electron chi connectivity index (χ2n) is 8.12. The number of anilines is 1. The maximum atomic E-state index is 13.3. The van der Waals surface area contributed by atoms with Crippen molar-refractivity contribution in [3.63, 3.8) is 0 Å². The summed E-state index contributed by atoms with van der Waals surface area (Å²) in [5.74, 6) is -2.15. The number of nitro groups is 1. The average molecular weight is 550 g/mol. The molecule has 1 saturated heterocycles. The number of nitro benzene ring substituents is 1. The van der Waals surface area contributed by atoms with Crippen LogP contribution in [0, 0.1) is 10.1 Å². The molecule has 3 aromatic rings. The number of carbonyl (C=O) groups is 4. The fraction of sp³-hybridized carbons (Fsp3) is 0.111. The van der Waals surface area contributed by atoms with Gasteiger partial charge in [-0.1, -0.05) is 23.7 Å². The zero-order valence-electron chi connectivity index (χ0n) is 20.4. The predicted molar refractivity (Wildman–Crippen MR) is 140 cm³/mol. The standard InChI is InChI=1S/C27H20ClN3O8/c1-2-38-26(34)17-6-9-20(10-7-17)30-25(33)22(24(32)29-27(30)35)14-18-13-19(28)8-11-23(18)39-15-16-4-3-5-21(12-16)31(36)37/h3-14H,2,15H2,1H3,(H,29,32,35)/b22-14+. The molecule has 1 aliphatic rings. The molecule has 4 amide bonds. The van der Waals surface area contributed by atoms with Crippen molar-refractivity contribution in [1.82, 2.24) is 5.32 Å². The second kappa shape index (κ2) is 11.6. The van der Waals surface area contributed by atoms with E-state index in [1.807, 2.05) is 0 Å². The highest BCUT2D eigenvalue weighted by Gasteiger charge is 2.37. The van der Waals surface area contributed by atoms with Gasteiger partial charge in [0.15, 0.2) is 0 Å². The molecule has 39 heavy (non-hydrogen) atoms. The van der Waals surface area contributed by atoms with E-state index in [9.17, 15) is 29.3 Å². The number of imide groups is 2. The summed E-state index contributed by atoms with van der Waals surface area (Å²) in [4.78, 5) is 61.7. The first-order valence-corrected chi connectivity index (χ1v) is 11.9. The van der Waals surface area contributed by atoms with Crippen LogP contribution in [0.15, 0.2) is 72.3 Å². The topological polar surface area (TPSA) is 145 Å². The van der Waals surface area contributed by atoms with Gasteiger partial charge in [-0.25, -0.2) is 14.5 Å². The second-order valence-corrected chi connectivity index (χ2v) is 8.56. The van der Waals surface area contributed by atoms with Crippen molar-refractivity contribution in [2.45, 2.75) is 13.5 Å². The number of ether oxygens (including phenoxy) is 2. The smallest absolute Gasteiger partial charge is 0.338 e. The van der Waals surface area contributed by atoms with Crippen molar-refractivity contribution in [2.75, 3.05) is 11.5 Å². The molecule has 0 spiro atoms. The van der Waals surface area contributed by atoms with E-state index in [2.05, 4.69) is 5.32 Å². The Bertz CT molecular complexity index is 1520. The molecular weight excluding hydrogens is 530 g/mol. The lowest BCUT2D eigenvalue weighted by Gasteiger charge is -2.26. The fourth-order valence-corrected chi connectivity index (χ4v) is 3.87. The van der Waals surface area contributed by atoms with Crippen LogP contribution in [-0.2, 0) is 20.9 Å². The molecule has 0 unspecified atom stereocenters. The van der Waals surface area contributed by atoms with E-state index in [1.165, 1.54) is 66.7 Å². The van der Waals surface area contributed by atoms with E-state index >= 15 is 0 Å². The highest BCUT2D eigenvalue weighted by atomic mass is 35.5. The van der Waals surface area contributed by atoms with Gasteiger partial charge in [0, 0.05) is 22.7 Å². The Morgan fingerprint density at radius 3 is 2.51 bits per heavy atom. The van der Waals surface area contributed by atoms with Crippen molar-refractivity contribution in [3.05, 3.63) is 104 Å². The third-order valence-corrected chi connectivity index (χ3v) is 5.76. The SMILES string of the molecule is CCOC(=O)c1ccc(N2C(=O)NC(=O)/C(=C\c3cc(Cl)ccc3OCc3cccc([N+](=O)[O-])c3)C2=O)cc1. The van der Waals surface area contributed by atoms with Crippen LogP contribution in [0.5, 0.6) is 5.75 Å². The molecule has 0 aromatic heterocycles. The van der Waals surface area contributed by atoms with E-state index in [0.29, 0.717) is 5.56 Å². The number of benzene rings is 3. The number of non-ortho nitro benzene ring substituents is 1. The number of hydrogen-bond donors (Lipinski definition) is 1. The first-order valence-electron chi connectivity index (χ1n) is 11.5. The van der Waals surface area contributed by atoms with Crippen LogP contribution in [0.4, 0.5) is 16.2 Å². The van der Waals surface area contributed by atoms with E-state index in [-0.39, 0.29) is 52.1 Å². The van der Waals surface area contributed by atoms with Crippen LogP contribution in [0.25, 0.3) is 6.08 Å². The monoisotopic (exact) mass is 549 g/mol. The van der Waals surface area contributed by atoms with E-state index in [4.69, 9.17) is 21.1 Å². The number of hydrogen-bond acceptors (Lipinski definition) is 8. The molecule has 198 valence electrons. The number of urea groups is 1. The summed E-state index contributed by atoms with van der Waals surface area (Å²) >= 11 is 6.14. The third kappa shape index (κ3) is 6.11. The highest BCUT2D eigenvalue weighted by molar-refractivity contribution is 6.39. The van der Waals surface area contributed by atoms with Gasteiger partial charge in [0.05, 0.1) is 22.8 Å². The average Bonchev–Trinajstić information content (AvgIpc) is 2.91. The molecular formula is C27H20ClN3O8. The van der Waals surface area contributed by atoms with Crippen molar-refractivity contribution in [1.29, 1.82) is 0 Å². The highest BCUT2D eigenvalue weighted by Crippen LogP contribution is 2.29. The van der Waals surface area contributed by atoms with Gasteiger partial charge in [0.1, 0.15) is 17.9 Å². The van der Waals surface area contributed by atoms with E-state index in [0.717, 1.165) is 4.90 Å². The Labute approximate surface area is 226 Å². The fourth-order valence-electron chi connectivity index (χ4n) is 3.69. The Hall–Kier alpha value is -5.03. The molecule has 4 rings (SSSR count). The van der Waals surface area contributed by atoms with Crippen molar-refractivity contribution in [3.8, 4) is 5.75 Å². The molecule has 0 aliphatic carbocycles. The first-order chi connectivity index (χ1) is 18.7. The molecule has 0 bridgehead atoms. The zero-order valence-corrected chi connectivity index (χ0v) is 21.1. The van der Waals surface area contributed by atoms with Crippen LogP contribution in [0.2, 0.25) is 5.02 Å². The minimum Gasteiger partial charge on any atom is -0.488 e. The van der Waals surface area contributed by atoms with Crippen LogP contribution < -0.4 is 15.0 Å². The lowest BCUT2D eigenvalue weighted by Crippen LogP contribution is -2.54. The minimum atomic E-state index is -0.959. The van der Waals surface area contributed by atoms with Gasteiger partial charge in [0.2, 0.25) is 0 Å². The summed E-state index contributed by atoms with van der Waals surface area (Å²) in [5, 5.41) is 13.5. The van der Waals surface area contributed by atoms with E-state index in [1.54, 1.807) is 13.0 Å². The lowest BCUT2D eigenvalue weighted by atomic mass is 10.1. The Balaban J connectivity index is 1.62. The predicted octanol–water partition coefficient (Wildman–Crippen LogP) is 4.67. The molecule has 11 nitrogen and oxygen atoms in total. The van der Waals surface area contributed by atoms with Gasteiger partial charge in [-0.15, -0.1) is 0 Å². The van der Waals surface area contributed by atoms with Gasteiger partial charge in [-0.3, -0.25) is 25.0 Å². The number of carbonyl (C=O) groups excluding carboxylic acids is 4. The Morgan fingerprint density at radius 2 is 1.82 bits per heavy atom. The number of halogens is 1. The molecule has 1 heterocycles. The third-order valence-electron chi connectivity index (χ3n) is 5.53. The summed E-state index contributed by atoms with van der Waals surface area (Å²) in [7, 11) is 0. The Kier molecular flexibility index (Phi) is 8.01. The summed E-state index contributed by atoms with van der Waals surface area (Å²) in [6.45, 7) is 1.80. The van der Waals surface area contributed by atoms with Crippen molar-refractivity contribution < 1.29 is 33.6 Å². The normalized spacial score (nSPS) is 14.3.